The normalized spacial score (nSPS) is 15.7. The second kappa shape index (κ2) is 7.92. The molecule has 1 N–H and O–H groups in total. The molecule has 3 rings (SSSR count). The third kappa shape index (κ3) is 4.24. The molecule has 2 aromatic carbocycles. The summed E-state index contributed by atoms with van der Waals surface area (Å²) in [5.74, 6) is 2.31. The molecule has 0 saturated heterocycles. The predicted octanol–water partition coefficient (Wildman–Crippen LogP) is 3.15. The Morgan fingerprint density at radius 2 is 1.88 bits per heavy atom. The number of amides is 1. The second-order valence-electron chi connectivity index (χ2n) is 6.20. The highest BCUT2D eigenvalue weighted by Gasteiger charge is 2.26. The van der Waals surface area contributed by atoms with Crippen molar-refractivity contribution in [2.24, 2.45) is 0 Å². The van der Waals surface area contributed by atoms with Crippen molar-refractivity contribution >= 4 is 5.91 Å². The molecule has 1 aliphatic heterocycles. The van der Waals surface area contributed by atoms with Crippen molar-refractivity contribution in [1.82, 2.24) is 5.32 Å². The minimum Gasteiger partial charge on any atom is -0.491 e. The highest BCUT2D eigenvalue weighted by Crippen LogP contribution is 2.30. The molecule has 0 aromatic heterocycles. The zero-order valence-corrected chi connectivity index (χ0v) is 14.5. The number of rotatable bonds is 6. The summed E-state index contributed by atoms with van der Waals surface area (Å²) in [6, 6.07) is 15.3. The molecule has 1 atom stereocenters. The van der Waals surface area contributed by atoms with E-state index in [1.165, 1.54) is 0 Å². The van der Waals surface area contributed by atoms with E-state index in [1.807, 2.05) is 36.4 Å². The number of benzene rings is 2. The summed E-state index contributed by atoms with van der Waals surface area (Å²) >= 11 is 0. The molecule has 0 fully saturated rings. The van der Waals surface area contributed by atoms with Crippen LogP contribution in [-0.4, -0.2) is 31.8 Å². The highest BCUT2D eigenvalue weighted by molar-refractivity contribution is 5.81. The Kier molecular flexibility index (Phi) is 5.43. The first-order valence-electron chi connectivity index (χ1n) is 8.53. The van der Waals surface area contributed by atoms with Gasteiger partial charge >= 0.3 is 0 Å². The van der Waals surface area contributed by atoms with Crippen molar-refractivity contribution in [3.8, 4) is 17.2 Å². The SMILES string of the molecule is CC(C)c1ccccc1OCCNC(=O)[C@@H]1COc2ccccc2O1. The quantitative estimate of drug-likeness (QED) is 0.820. The summed E-state index contributed by atoms with van der Waals surface area (Å²) in [6.45, 7) is 5.27. The lowest BCUT2D eigenvalue weighted by molar-refractivity contribution is -0.130. The maximum absolute atomic E-state index is 12.2. The lowest BCUT2D eigenvalue weighted by atomic mass is 10.0. The van der Waals surface area contributed by atoms with Gasteiger partial charge in [-0.15, -0.1) is 0 Å². The van der Waals surface area contributed by atoms with Crippen LogP contribution < -0.4 is 19.5 Å². The average Bonchev–Trinajstić information content (AvgIpc) is 2.64. The molecule has 5 nitrogen and oxygen atoms in total. The van der Waals surface area contributed by atoms with Gasteiger partial charge in [-0.2, -0.15) is 0 Å². The molecule has 5 heteroatoms. The monoisotopic (exact) mass is 341 g/mol. The van der Waals surface area contributed by atoms with Crippen molar-refractivity contribution < 1.29 is 19.0 Å². The zero-order valence-electron chi connectivity index (χ0n) is 14.5. The molecule has 0 saturated carbocycles. The van der Waals surface area contributed by atoms with Gasteiger partial charge in [0.25, 0.3) is 5.91 Å². The maximum atomic E-state index is 12.2. The van der Waals surface area contributed by atoms with Crippen LogP contribution in [0.4, 0.5) is 0 Å². The molecule has 132 valence electrons. The fourth-order valence-electron chi connectivity index (χ4n) is 2.69. The topological polar surface area (TPSA) is 56.8 Å². The maximum Gasteiger partial charge on any atom is 0.264 e. The third-order valence-corrected chi connectivity index (χ3v) is 4.00. The lowest BCUT2D eigenvalue weighted by Crippen LogP contribution is -2.45. The van der Waals surface area contributed by atoms with Crippen LogP contribution in [0.1, 0.15) is 25.3 Å². The average molecular weight is 341 g/mol. The molecule has 25 heavy (non-hydrogen) atoms. The van der Waals surface area contributed by atoms with Crippen LogP contribution in [0, 0.1) is 0 Å². The van der Waals surface area contributed by atoms with Gasteiger partial charge < -0.3 is 19.5 Å². The Hall–Kier alpha value is -2.69. The Morgan fingerprint density at radius 1 is 1.16 bits per heavy atom. The molecule has 0 unspecified atom stereocenters. The number of fused-ring (bicyclic) bond motifs is 1. The Balaban J connectivity index is 1.46. The summed E-state index contributed by atoms with van der Waals surface area (Å²) in [4.78, 5) is 12.2. The van der Waals surface area contributed by atoms with Crippen LogP contribution in [0.5, 0.6) is 17.2 Å². The Bertz CT molecular complexity index is 729. The Morgan fingerprint density at radius 3 is 2.68 bits per heavy atom. The fraction of sp³-hybridized carbons (Fsp3) is 0.350. The number of para-hydroxylation sites is 3. The first kappa shape index (κ1) is 17.1. The summed E-state index contributed by atoms with van der Waals surface area (Å²) in [5, 5.41) is 2.83. The summed E-state index contributed by atoms with van der Waals surface area (Å²) in [7, 11) is 0. The summed E-state index contributed by atoms with van der Waals surface area (Å²) < 4.78 is 17.0. The first-order valence-corrected chi connectivity index (χ1v) is 8.53. The van der Waals surface area contributed by atoms with E-state index in [0.29, 0.717) is 30.6 Å². The number of nitrogens with one attached hydrogen (secondary N) is 1. The molecule has 2 aromatic rings. The van der Waals surface area contributed by atoms with Crippen LogP contribution in [0.3, 0.4) is 0 Å². The summed E-state index contributed by atoms with van der Waals surface area (Å²) in [5.41, 5.74) is 1.16. The molecule has 1 aliphatic rings. The van der Waals surface area contributed by atoms with E-state index in [-0.39, 0.29) is 12.5 Å². The molecule has 0 spiro atoms. The van der Waals surface area contributed by atoms with Crippen LogP contribution in [0.2, 0.25) is 0 Å². The molecule has 0 bridgehead atoms. The van der Waals surface area contributed by atoms with Crippen LogP contribution in [-0.2, 0) is 4.79 Å². The molecular formula is C20H23NO4. The van der Waals surface area contributed by atoms with Gasteiger partial charge in [-0.25, -0.2) is 0 Å². The van der Waals surface area contributed by atoms with Gasteiger partial charge in [0.1, 0.15) is 19.0 Å². The van der Waals surface area contributed by atoms with E-state index in [4.69, 9.17) is 14.2 Å². The predicted molar refractivity (Wildman–Crippen MR) is 95.4 cm³/mol. The lowest BCUT2D eigenvalue weighted by Gasteiger charge is -2.25. The van der Waals surface area contributed by atoms with Gasteiger partial charge in [-0.1, -0.05) is 44.2 Å². The van der Waals surface area contributed by atoms with E-state index in [9.17, 15) is 4.79 Å². The van der Waals surface area contributed by atoms with E-state index >= 15 is 0 Å². The van der Waals surface area contributed by atoms with Crippen molar-refractivity contribution in [2.45, 2.75) is 25.9 Å². The van der Waals surface area contributed by atoms with E-state index in [2.05, 4.69) is 25.2 Å². The van der Waals surface area contributed by atoms with Crippen molar-refractivity contribution in [3.63, 3.8) is 0 Å². The molecule has 0 radical (unpaired) electrons. The highest BCUT2D eigenvalue weighted by atomic mass is 16.6. The molecule has 0 aliphatic carbocycles. The van der Waals surface area contributed by atoms with E-state index < -0.39 is 6.10 Å². The fourth-order valence-corrected chi connectivity index (χ4v) is 2.69. The third-order valence-electron chi connectivity index (χ3n) is 4.00. The van der Waals surface area contributed by atoms with Gasteiger partial charge in [-0.05, 0) is 29.7 Å². The minimum absolute atomic E-state index is 0.199. The second-order valence-corrected chi connectivity index (χ2v) is 6.20. The van der Waals surface area contributed by atoms with Crippen molar-refractivity contribution in [1.29, 1.82) is 0 Å². The van der Waals surface area contributed by atoms with Crippen LogP contribution >= 0.6 is 0 Å². The Labute approximate surface area is 147 Å². The van der Waals surface area contributed by atoms with E-state index in [1.54, 1.807) is 6.07 Å². The van der Waals surface area contributed by atoms with Gasteiger partial charge in [0.2, 0.25) is 6.10 Å². The standard InChI is InChI=1S/C20H23NO4/c1-14(2)15-7-3-4-8-16(15)23-12-11-21-20(22)19-13-24-17-9-5-6-10-18(17)25-19/h3-10,14,19H,11-13H2,1-2H3,(H,21,22)/t19-/m0/s1. The first-order chi connectivity index (χ1) is 12.1. The number of carbonyl (C=O) groups excluding carboxylic acids is 1. The number of ether oxygens (including phenoxy) is 3. The number of hydrogen-bond donors (Lipinski definition) is 1. The van der Waals surface area contributed by atoms with Crippen LogP contribution in [0.25, 0.3) is 0 Å². The summed E-state index contributed by atoms with van der Waals surface area (Å²) in [6.07, 6.45) is -0.641. The largest absolute Gasteiger partial charge is 0.491 e. The van der Waals surface area contributed by atoms with Crippen molar-refractivity contribution in [2.75, 3.05) is 19.8 Å². The number of carbonyl (C=O) groups is 1. The smallest absolute Gasteiger partial charge is 0.264 e. The zero-order chi connectivity index (χ0) is 17.6. The van der Waals surface area contributed by atoms with Gasteiger partial charge in [-0.3, -0.25) is 4.79 Å². The molecule has 1 amide bonds. The minimum atomic E-state index is -0.641. The van der Waals surface area contributed by atoms with Gasteiger partial charge in [0, 0.05) is 0 Å². The number of hydrogen-bond acceptors (Lipinski definition) is 4. The molecular weight excluding hydrogens is 318 g/mol. The molecule has 1 heterocycles. The van der Waals surface area contributed by atoms with Crippen LogP contribution in [0.15, 0.2) is 48.5 Å². The van der Waals surface area contributed by atoms with Gasteiger partial charge in [0.15, 0.2) is 11.5 Å². The van der Waals surface area contributed by atoms with E-state index in [0.717, 1.165) is 11.3 Å². The van der Waals surface area contributed by atoms with Crippen molar-refractivity contribution in [3.05, 3.63) is 54.1 Å². The van der Waals surface area contributed by atoms with Gasteiger partial charge in [0.05, 0.1) is 6.54 Å².